The largest absolute Gasteiger partial charge is 0.396 e. The lowest BCUT2D eigenvalue weighted by molar-refractivity contribution is 0.270. The summed E-state index contributed by atoms with van der Waals surface area (Å²) in [5, 5.41) is 13.1. The van der Waals surface area contributed by atoms with Crippen molar-refractivity contribution in [2.24, 2.45) is 0 Å². The van der Waals surface area contributed by atoms with E-state index < -0.39 is 0 Å². The Kier molecular flexibility index (Phi) is 6.04. The Morgan fingerprint density at radius 2 is 2.11 bits per heavy atom. The number of halogens is 1. The minimum atomic E-state index is -0.126. The maximum Gasteiger partial charge on any atom is 0.251 e. The van der Waals surface area contributed by atoms with Crippen LogP contribution in [0.15, 0.2) is 17.1 Å². The molecule has 1 heterocycles. The van der Waals surface area contributed by atoms with E-state index >= 15 is 0 Å². The van der Waals surface area contributed by atoms with Gasteiger partial charge in [0.1, 0.15) is 0 Å². The van der Waals surface area contributed by atoms with Gasteiger partial charge in [-0.2, -0.15) is 0 Å². The van der Waals surface area contributed by atoms with E-state index in [1.165, 1.54) is 6.20 Å². The van der Waals surface area contributed by atoms with E-state index in [0.29, 0.717) is 17.0 Å². The molecule has 0 saturated heterocycles. The monoisotopic (exact) mass is 286 g/mol. The molecule has 19 heavy (non-hydrogen) atoms. The fourth-order valence-corrected chi connectivity index (χ4v) is 2.18. The average molecular weight is 287 g/mol. The fraction of sp³-hybridized carbons (Fsp3) is 0.643. The first-order valence-electron chi connectivity index (χ1n) is 6.57. The van der Waals surface area contributed by atoms with Gasteiger partial charge in [-0.3, -0.25) is 4.79 Å². The normalized spacial score (nSPS) is 13.5. The van der Waals surface area contributed by atoms with Crippen molar-refractivity contribution in [2.45, 2.75) is 45.1 Å². The van der Waals surface area contributed by atoms with Gasteiger partial charge in [0.15, 0.2) is 0 Å². The summed E-state index contributed by atoms with van der Waals surface area (Å²) < 4.78 is 0. The van der Waals surface area contributed by atoms with Gasteiger partial charge in [-0.05, 0) is 52.1 Å². The molecule has 3 N–H and O–H groups in total. The van der Waals surface area contributed by atoms with Crippen molar-refractivity contribution < 1.29 is 5.11 Å². The number of hydrogen-bond acceptors (Lipinski definition) is 3. The average Bonchev–Trinajstić information content (AvgIpc) is 2.30. The minimum Gasteiger partial charge on any atom is -0.396 e. The third-order valence-corrected chi connectivity index (χ3v) is 3.18. The van der Waals surface area contributed by atoms with E-state index in [0.717, 1.165) is 13.0 Å². The summed E-state index contributed by atoms with van der Waals surface area (Å²) in [6.45, 7) is 7.15. The highest BCUT2D eigenvalue weighted by Gasteiger charge is 2.16. The van der Waals surface area contributed by atoms with Gasteiger partial charge in [-0.25, -0.2) is 0 Å². The summed E-state index contributed by atoms with van der Waals surface area (Å²) in [7, 11) is 0. The van der Waals surface area contributed by atoms with Gasteiger partial charge in [0, 0.05) is 23.9 Å². The first kappa shape index (κ1) is 16.2. The highest BCUT2D eigenvalue weighted by molar-refractivity contribution is 6.30. The molecule has 1 rings (SSSR count). The summed E-state index contributed by atoms with van der Waals surface area (Å²) in [5.74, 6) is 0.0160. The number of aliphatic hydroxyl groups excluding tert-OH is 1. The summed E-state index contributed by atoms with van der Waals surface area (Å²) in [4.78, 5) is 14.5. The molecule has 4 nitrogen and oxygen atoms in total. The molecule has 0 aliphatic heterocycles. The second kappa shape index (κ2) is 7.08. The molecule has 0 aromatic carbocycles. The fourth-order valence-electron chi connectivity index (χ4n) is 2.01. The van der Waals surface area contributed by atoms with E-state index in [1.807, 2.05) is 0 Å². The Balaban J connectivity index is 2.76. The molecule has 0 saturated carbocycles. The molecular formula is C14H23ClN2O2. The highest BCUT2D eigenvalue weighted by atomic mass is 35.5. The van der Waals surface area contributed by atoms with Crippen LogP contribution in [0, 0.1) is 0 Å². The van der Waals surface area contributed by atoms with Crippen LogP contribution >= 0.6 is 11.6 Å². The van der Waals surface area contributed by atoms with Gasteiger partial charge in [0.25, 0.3) is 5.56 Å². The highest BCUT2D eigenvalue weighted by Crippen LogP contribution is 2.22. The van der Waals surface area contributed by atoms with Crippen molar-refractivity contribution in [1.29, 1.82) is 0 Å². The van der Waals surface area contributed by atoms with Crippen molar-refractivity contribution in [2.75, 3.05) is 13.2 Å². The summed E-state index contributed by atoms with van der Waals surface area (Å²) in [5.41, 5.74) is 0.570. The Hall–Kier alpha value is -0.840. The van der Waals surface area contributed by atoms with Gasteiger partial charge < -0.3 is 15.4 Å². The molecule has 1 atom stereocenters. The van der Waals surface area contributed by atoms with Gasteiger partial charge in [0.05, 0.1) is 5.02 Å². The lowest BCUT2D eigenvalue weighted by atomic mass is 9.93. The van der Waals surface area contributed by atoms with Gasteiger partial charge >= 0.3 is 0 Å². The number of rotatable bonds is 6. The number of hydrogen-bond donors (Lipinski definition) is 3. The zero-order valence-corrected chi connectivity index (χ0v) is 12.5. The SMILES string of the molecule is CC(C)(C)NCCC(CCO)c1cc(Cl)c[nH]c1=O. The molecule has 0 amide bonds. The predicted octanol–water partition coefficient (Wildman–Crippen LogP) is 2.27. The van der Waals surface area contributed by atoms with Crippen LogP contribution in [0.2, 0.25) is 5.02 Å². The topological polar surface area (TPSA) is 65.1 Å². The van der Waals surface area contributed by atoms with Crippen LogP contribution < -0.4 is 10.9 Å². The number of aliphatic hydroxyl groups is 1. The number of aromatic nitrogens is 1. The van der Waals surface area contributed by atoms with E-state index in [9.17, 15) is 4.79 Å². The van der Waals surface area contributed by atoms with Crippen LogP contribution in [0.1, 0.15) is 45.1 Å². The van der Waals surface area contributed by atoms with Crippen molar-refractivity contribution in [3.63, 3.8) is 0 Å². The van der Waals surface area contributed by atoms with E-state index in [4.69, 9.17) is 16.7 Å². The molecule has 1 aromatic rings. The van der Waals surface area contributed by atoms with Crippen molar-refractivity contribution in [3.05, 3.63) is 33.2 Å². The Morgan fingerprint density at radius 3 is 2.68 bits per heavy atom. The van der Waals surface area contributed by atoms with Crippen LogP contribution in [0.5, 0.6) is 0 Å². The maximum absolute atomic E-state index is 11.8. The molecular weight excluding hydrogens is 264 g/mol. The first-order chi connectivity index (χ1) is 8.83. The van der Waals surface area contributed by atoms with E-state index in [1.54, 1.807) is 6.07 Å². The third-order valence-electron chi connectivity index (χ3n) is 2.96. The lowest BCUT2D eigenvalue weighted by Crippen LogP contribution is -2.37. The molecule has 5 heteroatoms. The van der Waals surface area contributed by atoms with Crippen LogP contribution in [0.3, 0.4) is 0 Å². The summed E-state index contributed by atoms with van der Waals surface area (Å²) in [6, 6.07) is 1.69. The molecule has 1 unspecified atom stereocenters. The van der Waals surface area contributed by atoms with Gasteiger partial charge in [0.2, 0.25) is 0 Å². The standard InChI is InChI=1S/C14H23ClN2O2/c1-14(2,3)17-6-4-10(5-7-18)12-8-11(15)9-16-13(12)19/h8-10,17-18H,4-7H2,1-3H3,(H,16,19). The lowest BCUT2D eigenvalue weighted by Gasteiger charge is -2.23. The smallest absolute Gasteiger partial charge is 0.251 e. The van der Waals surface area contributed by atoms with Crippen molar-refractivity contribution in [1.82, 2.24) is 10.3 Å². The molecule has 1 aromatic heterocycles. The number of nitrogens with one attached hydrogen (secondary N) is 2. The molecule has 108 valence electrons. The van der Waals surface area contributed by atoms with E-state index in [-0.39, 0.29) is 23.6 Å². The second-order valence-corrected chi connectivity index (χ2v) is 6.21. The zero-order valence-electron chi connectivity index (χ0n) is 11.8. The number of aromatic amines is 1. The van der Waals surface area contributed by atoms with Crippen LogP contribution in [-0.4, -0.2) is 28.8 Å². The second-order valence-electron chi connectivity index (χ2n) is 5.78. The predicted molar refractivity (Wildman–Crippen MR) is 78.9 cm³/mol. The zero-order chi connectivity index (χ0) is 14.5. The van der Waals surface area contributed by atoms with Crippen LogP contribution in [-0.2, 0) is 0 Å². The van der Waals surface area contributed by atoms with Gasteiger partial charge in [-0.15, -0.1) is 0 Å². The summed E-state index contributed by atoms with van der Waals surface area (Å²) >= 11 is 5.92. The minimum absolute atomic E-state index is 0.0160. The molecule has 0 aliphatic carbocycles. The first-order valence-corrected chi connectivity index (χ1v) is 6.95. The molecule has 0 fully saturated rings. The van der Waals surface area contributed by atoms with Crippen LogP contribution in [0.4, 0.5) is 0 Å². The molecule has 0 aliphatic rings. The Morgan fingerprint density at radius 1 is 1.42 bits per heavy atom. The van der Waals surface area contributed by atoms with Gasteiger partial charge in [-0.1, -0.05) is 11.6 Å². The maximum atomic E-state index is 11.8. The molecule has 0 radical (unpaired) electrons. The molecule has 0 bridgehead atoms. The van der Waals surface area contributed by atoms with Crippen molar-refractivity contribution >= 4 is 11.6 Å². The number of pyridine rings is 1. The quantitative estimate of drug-likeness (QED) is 0.752. The van der Waals surface area contributed by atoms with E-state index in [2.05, 4.69) is 31.1 Å². The summed E-state index contributed by atoms with van der Waals surface area (Å²) in [6.07, 6.45) is 2.84. The number of H-pyrrole nitrogens is 1. The van der Waals surface area contributed by atoms with Crippen molar-refractivity contribution in [3.8, 4) is 0 Å². The third kappa shape index (κ3) is 5.76. The molecule has 0 spiro atoms. The Bertz CT molecular complexity index is 451. The van der Waals surface area contributed by atoms with Crippen LogP contribution in [0.25, 0.3) is 0 Å². The Labute approximate surface area is 119 Å².